The average molecular weight is 350 g/mol. The monoisotopic (exact) mass is 349 g/mol. The number of nitrogen functional groups attached to an aromatic ring is 2. The van der Waals surface area contributed by atoms with Crippen LogP contribution in [-0.2, 0) is 0 Å². The fourth-order valence-corrected chi connectivity index (χ4v) is 2.16. The lowest BCUT2D eigenvalue weighted by molar-refractivity contribution is 0.584. The summed E-state index contributed by atoms with van der Waals surface area (Å²) < 4.78 is 26.5. The van der Waals surface area contributed by atoms with Gasteiger partial charge >= 0.3 is 0 Å². The van der Waals surface area contributed by atoms with Crippen molar-refractivity contribution in [3.05, 3.63) is 47.0 Å². The largest absolute Gasteiger partial charge is 0.384 e. The summed E-state index contributed by atoms with van der Waals surface area (Å²) in [6.07, 6.45) is 0. The van der Waals surface area contributed by atoms with Crippen molar-refractivity contribution in [2.24, 2.45) is 0 Å². The molecule has 122 valence electrons. The molecule has 0 spiro atoms. The number of benzene rings is 1. The lowest BCUT2D eigenvalue weighted by Crippen LogP contribution is -2.06. The molecule has 5 N–H and O–H groups in total. The molecule has 0 amide bonds. The molecule has 3 aromatic rings. The fourth-order valence-electron chi connectivity index (χ4n) is 1.95. The molecule has 0 unspecified atom stereocenters. The molecular formula is C14H10ClF2N7. The number of aromatic nitrogens is 4. The maximum absolute atomic E-state index is 13.2. The number of nitrogens with one attached hydrogen (secondary N) is 1. The van der Waals surface area contributed by atoms with Gasteiger partial charge in [0.1, 0.15) is 23.1 Å². The second kappa shape index (κ2) is 6.20. The highest BCUT2D eigenvalue weighted by molar-refractivity contribution is 6.31. The minimum atomic E-state index is -0.746. The van der Waals surface area contributed by atoms with Gasteiger partial charge in [0.2, 0.25) is 11.9 Å². The zero-order valence-electron chi connectivity index (χ0n) is 12.0. The smallest absolute Gasteiger partial charge is 0.232 e. The van der Waals surface area contributed by atoms with E-state index in [1.807, 2.05) is 0 Å². The van der Waals surface area contributed by atoms with E-state index in [2.05, 4.69) is 25.3 Å². The normalized spacial score (nSPS) is 10.6. The van der Waals surface area contributed by atoms with Crippen LogP contribution in [0.15, 0.2) is 30.3 Å². The number of nitrogens with zero attached hydrogens (tertiary/aromatic N) is 4. The van der Waals surface area contributed by atoms with Crippen molar-refractivity contribution < 1.29 is 8.78 Å². The molecule has 3 rings (SSSR count). The van der Waals surface area contributed by atoms with Crippen LogP contribution in [-0.4, -0.2) is 19.9 Å². The number of rotatable bonds is 3. The molecule has 0 saturated heterocycles. The number of halogens is 3. The summed E-state index contributed by atoms with van der Waals surface area (Å²) >= 11 is 5.92. The van der Waals surface area contributed by atoms with E-state index >= 15 is 0 Å². The average Bonchev–Trinajstić information content (AvgIpc) is 2.44. The summed E-state index contributed by atoms with van der Waals surface area (Å²) in [6.45, 7) is 0. The van der Waals surface area contributed by atoms with Gasteiger partial charge in [-0.05, 0) is 24.3 Å². The molecule has 0 radical (unpaired) electrons. The summed E-state index contributed by atoms with van der Waals surface area (Å²) in [5.41, 5.74) is 11.7. The quantitative estimate of drug-likeness (QED) is 0.665. The lowest BCUT2D eigenvalue weighted by Gasteiger charge is -2.08. The zero-order valence-corrected chi connectivity index (χ0v) is 12.7. The molecule has 24 heavy (non-hydrogen) atoms. The molecule has 0 aliphatic carbocycles. The molecular weight excluding hydrogens is 340 g/mol. The second-order valence-corrected chi connectivity index (χ2v) is 5.16. The SMILES string of the molecule is Nc1cc(Cl)cc(-c2nc(N)nc(Nc3cc(F)cc(F)c3)n2)n1. The Morgan fingerprint density at radius 3 is 2.25 bits per heavy atom. The molecule has 0 atom stereocenters. The standard InChI is InChI=1S/C14H10ClF2N7/c15-6-1-10(21-11(18)2-6)12-22-13(19)24-14(23-12)20-9-4-7(16)3-8(17)5-9/h1-5H,(H2,18,21)(H3,19,20,22,23,24). The fraction of sp³-hybridized carbons (Fsp3) is 0. The van der Waals surface area contributed by atoms with Crippen LogP contribution in [0.1, 0.15) is 0 Å². The van der Waals surface area contributed by atoms with Crippen molar-refractivity contribution in [1.29, 1.82) is 0 Å². The van der Waals surface area contributed by atoms with Gasteiger partial charge < -0.3 is 16.8 Å². The number of pyridine rings is 1. The molecule has 2 aromatic heterocycles. The Balaban J connectivity index is 1.99. The topological polar surface area (TPSA) is 116 Å². The molecule has 0 fully saturated rings. The third kappa shape index (κ3) is 3.63. The maximum Gasteiger partial charge on any atom is 0.232 e. The molecule has 1 aromatic carbocycles. The van der Waals surface area contributed by atoms with E-state index in [1.165, 1.54) is 12.1 Å². The van der Waals surface area contributed by atoms with Gasteiger partial charge in [0, 0.05) is 16.8 Å². The number of hydrogen-bond acceptors (Lipinski definition) is 7. The second-order valence-electron chi connectivity index (χ2n) is 4.72. The predicted molar refractivity (Wildman–Crippen MR) is 86.5 cm³/mol. The Morgan fingerprint density at radius 1 is 0.875 bits per heavy atom. The Bertz CT molecular complexity index is 879. The van der Waals surface area contributed by atoms with E-state index in [4.69, 9.17) is 23.1 Å². The molecule has 7 nitrogen and oxygen atoms in total. The van der Waals surface area contributed by atoms with Crippen molar-refractivity contribution >= 4 is 35.0 Å². The Kier molecular flexibility index (Phi) is 4.09. The Labute approximate surface area is 139 Å². The van der Waals surface area contributed by atoms with E-state index in [0.717, 1.165) is 18.2 Å². The van der Waals surface area contributed by atoms with Gasteiger partial charge in [-0.1, -0.05) is 11.6 Å². The summed E-state index contributed by atoms with van der Waals surface area (Å²) in [4.78, 5) is 16.0. The van der Waals surface area contributed by atoms with E-state index in [1.54, 1.807) is 0 Å². The molecule has 10 heteroatoms. The highest BCUT2D eigenvalue weighted by Gasteiger charge is 2.11. The van der Waals surface area contributed by atoms with E-state index in [-0.39, 0.29) is 34.9 Å². The van der Waals surface area contributed by atoms with Crippen LogP contribution < -0.4 is 16.8 Å². The molecule has 0 aliphatic heterocycles. The molecule has 0 aliphatic rings. The number of anilines is 4. The van der Waals surface area contributed by atoms with Crippen LogP contribution in [0.4, 0.5) is 32.2 Å². The lowest BCUT2D eigenvalue weighted by atomic mass is 10.3. The summed E-state index contributed by atoms with van der Waals surface area (Å²) in [7, 11) is 0. The number of nitrogens with two attached hydrogens (primary N) is 2. The van der Waals surface area contributed by atoms with Gasteiger partial charge in [-0.3, -0.25) is 0 Å². The van der Waals surface area contributed by atoms with Gasteiger partial charge in [-0.25, -0.2) is 13.8 Å². The number of hydrogen-bond donors (Lipinski definition) is 3. The van der Waals surface area contributed by atoms with Crippen molar-refractivity contribution in [2.75, 3.05) is 16.8 Å². The van der Waals surface area contributed by atoms with E-state index in [9.17, 15) is 8.78 Å². The van der Waals surface area contributed by atoms with E-state index < -0.39 is 11.6 Å². The predicted octanol–water partition coefficient (Wildman–Crippen LogP) is 2.77. The van der Waals surface area contributed by atoms with Crippen molar-refractivity contribution in [3.63, 3.8) is 0 Å². The van der Waals surface area contributed by atoms with Crippen molar-refractivity contribution in [1.82, 2.24) is 19.9 Å². The minimum absolute atomic E-state index is 0.0113. The van der Waals surface area contributed by atoms with E-state index in [0.29, 0.717) is 5.02 Å². The Morgan fingerprint density at radius 2 is 1.58 bits per heavy atom. The molecule has 0 bridgehead atoms. The molecule has 2 heterocycles. The highest BCUT2D eigenvalue weighted by Crippen LogP contribution is 2.22. The van der Waals surface area contributed by atoms with Crippen LogP contribution in [0.2, 0.25) is 5.02 Å². The first-order valence-electron chi connectivity index (χ1n) is 6.57. The first-order valence-corrected chi connectivity index (χ1v) is 6.95. The van der Waals surface area contributed by atoms with Gasteiger partial charge in [-0.2, -0.15) is 15.0 Å². The Hall–Kier alpha value is -3.07. The minimum Gasteiger partial charge on any atom is -0.384 e. The summed E-state index contributed by atoms with van der Waals surface area (Å²) in [5, 5.41) is 3.00. The van der Waals surface area contributed by atoms with Crippen LogP contribution in [0.5, 0.6) is 0 Å². The zero-order chi connectivity index (χ0) is 17.3. The van der Waals surface area contributed by atoms with Gasteiger partial charge in [0.05, 0.1) is 0 Å². The van der Waals surface area contributed by atoms with Crippen LogP contribution in [0, 0.1) is 11.6 Å². The third-order valence-corrected chi connectivity index (χ3v) is 3.03. The summed E-state index contributed by atoms with van der Waals surface area (Å²) in [6, 6.07) is 5.87. The third-order valence-electron chi connectivity index (χ3n) is 2.81. The van der Waals surface area contributed by atoms with Gasteiger partial charge in [0.15, 0.2) is 5.82 Å². The van der Waals surface area contributed by atoms with Gasteiger partial charge in [-0.15, -0.1) is 0 Å². The van der Waals surface area contributed by atoms with Crippen LogP contribution in [0.3, 0.4) is 0 Å². The van der Waals surface area contributed by atoms with Crippen LogP contribution >= 0.6 is 11.6 Å². The van der Waals surface area contributed by atoms with Crippen LogP contribution in [0.25, 0.3) is 11.5 Å². The molecule has 0 saturated carbocycles. The van der Waals surface area contributed by atoms with Gasteiger partial charge in [0.25, 0.3) is 0 Å². The first kappa shape index (κ1) is 15.8. The summed E-state index contributed by atoms with van der Waals surface area (Å²) in [5.74, 6) is -1.33. The highest BCUT2D eigenvalue weighted by atomic mass is 35.5. The van der Waals surface area contributed by atoms with Crippen molar-refractivity contribution in [2.45, 2.75) is 0 Å². The first-order chi connectivity index (χ1) is 11.4. The maximum atomic E-state index is 13.2. The van der Waals surface area contributed by atoms with Crippen molar-refractivity contribution in [3.8, 4) is 11.5 Å².